The number of hydrogen-bond donors (Lipinski definition) is 1. The zero-order valence-corrected chi connectivity index (χ0v) is 17.3. The van der Waals surface area contributed by atoms with E-state index in [2.05, 4.69) is 22.1 Å². The largest absolute Gasteiger partial charge is 0.333 e. The number of carbonyl (C=O) groups is 2. The minimum atomic E-state index is -0.236. The molecule has 1 N–H and O–H groups in total. The summed E-state index contributed by atoms with van der Waals surface area (Å²) < 4.78 is 1.98. The number of nitrogens with one attached hydrogen (secondary N) is 1. The number of fused-ring (bicyclic) bond motifs is 1. The normalized spacial score (nSPS) is 17.1. The number of likely N-dealkylation sites (N-methyl/N-ethyl adjacent to an activating group) is 1. The van der Waals surface area contributed by atoms with E-state index >= 15 is 0 Å². The Labute approximate surface area is 171 Å². The first-order valence-electron chi connectivity index (χ1n) is 10.6. The third kappa shape index (κ3) is 3.92. The Bertz CT molecular complexity index is 912. The van der Waals surface area contributed by atoms with Gasteiger partial charge in [-0.05, 0) is 44.4 Å². The lowest BCUT2D eigenvalue weighted by Gasteiger charge is -2.34. The van der Waals surface area contributed by atoms with Gasteiger partial charge in [-0.3, -0.25) is 9.59 Å². The molecule has 1 aromatic heterocycles. The summed E-state index contributed by atoms with van der Waals surface area (Å²) in [5.41, 5.74) is 3.05. The van der Waals surface area contributed by atoms with Gasteiger partial charge in [0.25, 0.3) is 11.8 Å². The molecule has 4 rings (SSSR count). The van der Waals surface area contributed by atoms with Gasteiger partial charge in [0.15, 0.2) is 11.5 Å². The van der Waals surface area contributed by atoms with Crippen LogP contribution in [0.4, 0.5) is 5.69 Å². The number of piperazine rings is 1. The van der Waals surface area contributed by atoms with Gasteiger partial charge in [0, 0.05) is 38.4 Å². The Morgan fingerprint density at radius 1 is 1.07 bits per heavy atom. The first-order valence-corrected chi connectivity index (χ1v) is 10.6. The van der Waals surface area contributed by atoms with Crippen LogP contribution in [0.5, 0.6) is 0 Å². The maximum atomic E-state index is 13.2. The summed E-state index contributed by atoms with van der Waals surface area (Å²) in [5.74, 6) is 0.123. The van der Waals surface area contributed by atoms with Gasteiger partial charge in [0.2, 0.25) is 0 Å². The number of imidazole rings is 1. The Morgan fingerprint density at radius 2 is 1.83 bits per heavy atom. The first kappa shape index (κ1) is 19.6. The van der Waals surface area contributed by atoms with Crippen molar-refractivity contribution in [1.82, 2.24) is 19.4 Å². The fourth-order valence-electron chi connectivity index (χ4n) is 4.19. The van der Waals surface area contributed by atoms with E-state index in [9.17, 15) is 9.59 Å². The lowest BCUT2D eigenvalue weighted by atomic mass is 10.1. The number of para-hydroxylation sites is 1. The standard InChI is InChI=1S/C22H29N5O2/c1-3-25-12-14-26(15-13-25)22(29)20-24-19(18-10-6-7-11-27(18)20)21(28)23-17-9-5-4-8-16(17)2/h4-5,8-9H,3,6-7,10-15H2,1-2H3,(H,23,28). The molecule has 7 nitrogen and oxygen atoms in total. The van der Waals surface area contributed by atoms with Crippen molar-refractivity contribution in [3.8, 4) is 0 Å². The molecule has 1 saturated heterocycles. The van der Waals surface area contributed by atoms with E-state index in [-0.39, 0.29) is 11.8 Å². The van der Waals surface area contributed by atoms with Crippen LogP contribution < -0.4 is 5.32 Å². The van der Waals surface area contributed by atoms with Crippen LogP contribution >= 0.6 is 0 Å². The number of aryl methyl sites for hydroxylation is 1. The van der Waals surface area contributed by atoms with Crippen molar-refractivity contribution in [3.63, 3.8) is 0 Å². The number of carbonyl (C=O) groups excluding carboxylic acids is 2. The average Bonchev–Trinajstić information content (AvgIpc) is 3.15. The predicted molar refractivity (Wildman–Crippen MR) is 112 cm³/mol. The number of amides is 2. The van der Waals surface area contributed by atoms with Gasteiger partial charge in [-0.1, -0.05) is 25.1 Å². The van der Waals surface area contributed by atoms with E-state index in [1.807, 2.05) is 40.7 Å². The van der Waals surface area contributed by atoms with Gasteiger partial charge in [0.1, 0.15) is 0 Å². The molecular formula is C22H29N5O2. The Kier molecular flexibility index (Phi) is 5.67. The van der Waals surface area contributed by atoms with Crippen LogP contribution in [0, 0.1) is 6.92 Å². The molecule has 1 fully saturated rings. The highest BCUT2D eigenvalue weighted by Crippen LogP contribution is 2.24. The fraction of sp³-hybridized carbons (Fsp3) is 0.500. The minimum Gasteiger partial charge on any atom is -0.333 e. The number of benzene rings is 1. The van der Waals surface area contributed by atoms with Crippen LogP contribution in [-0.2, 0) is 13.0 Å². The molecule has 154 valence electrons. The number of hydrogen-bond acceptors (Lipinski definition) is 4. The number of aromatic nitrogens is 2. The number of anilines is 1. The highest BCUT2D eigenvalue weighted by atomic mass is 16.2. The average molecular weight is 396 g/mol. The first-order chi connectivity index (χ1) is 14.1. The molecule has 0 saturated carbocycles. The molecule has 2 aliphatic heterocycles. The topological polar surface area (TPSA) is 70.5 Å². The molecule has 0 spiro atoms. The molecule has 0 radical (unpaired) electrons. The molecule has 2 amide bonds. The molecule has 2 aromatic rings. The number of nitrogens with zero attached hydrogens (tertiary/aromatic N) is 4. The van der Waals surface area contributed by atoms with Gasteiger partial charge < -0.3 is 19.7 Å². The van der Waals surface area contributed by atoms with Crippen molar-refractivity contribution in [3.05, 3.63) is 47.0 Å². The molecule has 2 aliphatic rings. The predicted octanol–water partition coefficient (Wildman–Crippen LogP) is 2.56. The summed E-state index contributed by atoms with van der Waals surface area (Å²) in [7, 11) is 0. The van der Waals surface area contributed by atoms with Gasteiger partial charge >= 0.3 is 0 Å². The minimum absolute atomic E-state index is 0.0566. The van der Waals surface area contributed by atoms with Crippen LogP contribution in [0.2, 0.25) is 0 Å². The van der Waals surface area contributed by atoms with Crippen LogP contribution in [0.3, 0.4) is 0 Å². The van der Waals surface area contributed by atoms with E-state index in [1.54, 1.807) is 0 Å². The van der Waals surface area contributed by atoms with Crippen molar-refractivity contribution in [2.24, 2.45) is 0 Å². The Hall–Kier alpha value is -2.67. The fourth-order valence-corrected chi connectivity index (χ4v) is 4.19. The van der Waals surface area contributed by atoms with Crippen molar-refractivity contribution >= 4 is 17.5 Å². The van der Waals surface area contributed by atoms with Gasteiger partial charge in [-0.15, -0.1) is 0 Å². The summed E-state index contributed by atoms with van der Waals surface area (Å²) >= 11 is 0. The summed E-state index contributed by atoms with van der Waals surface area (Å²) in [6.07, 6.45) is 2.80. The second kappa shape index (κ2) is 8.37. The van der Waals surface area contributed by atoms with E-state index in [0.717, 1.165) is 62.4 Å². The number of rotatable bonds is 4. The molecule has 0 unspecified atom stereocenters. The highest BCUT2D eigenvalue weighted by molar-refractivity contribution is 6.05. The third-order valence-corrected chi connectivity index (χ3v) is 6.02. The summed E-state index contributed by atoms with van der Waals surface area (Å²) in [4.78, 5) is 35.0. The molecule has 3 heterocycles. The summed E-state index contributed by atoms with van der Waals surface area (Å²) in [6, 6.07) is 7.69. The molecule has 0 aliphatic carbocycles. The van der Waals surface area contributed by atoms with Gasteiger partial charge in [0.05, 0.1) is 5.69 Å². The zero-order valence-electron chi connectivity index (χ0n) is 17.3. The van der Waals surface area contributed by atoms with E-state index in [4.69, 9.17) is 0 Å². The summed E-state index contributed by atoms with van der Waals surface area (Å²) in [5, 5.41) is 2.98. The second-order valence-electron chi connectivity index (χ2n) is 7.83. The SMILES string of the molecule is CCN1CCN(C(=O)c2nc(C(=O)Nc3ccccc3C)c3n2CCCC3)CC1. The monoisotopic (exact) mass is 395 g/mol. The smallest absolute Gasteiger partial charge is 0.289 e. The summed E-state index contributed by atoms with van der Waals surface area (Å²) in [6.45, 7) is 9.04. The van der Waals surface area contributed by atoms with Crippen LogP contribution in [0.15, 0.2) is 24.3 Å². The highest BCUT2D eigenvalue weighted by Gasteiger charge is 2.31. The van der Waals surface area contributed by atoms with Crippen molar-refractivity contribution < 1.29 is 9.59 Å². The third-order valence-electron chi connectivity index (χ3n) is 6.02. The van der Waals surface area contributed by atoms with E-state index in [0.29, 0.717) is 24.6 Å². The second-order valence-corrected chi connectivity index (χ2v) is 7.83. The Morgan fingerprint density at radius 3 is 2.55 bits per heavy atom. The van der Waals surface area contributed by atoms with Crippen LogP contribution in [0.1, 0.15) is 52.1 Å². The van der Waals surface area contributed by atoms with Crippen LogP contribution in [-0.4, -0.2) is 63.9 Å². The van der Waals surface area contributed by atoms with E-state index < -0.39 is 0 Å². The van der Waals surface area contributed by atoms with Crippen molar-refractivity contribution in [2.75, 3.05) is 38.0 Å². The maximum absolute atomic E-state index is 13.2. The quantitative estimate of drug-likeness (QED) is 0.864. The van der Waals surface area contributed by atoms with Crippen molar-refractivity contribution in [1.29, 1.82) is 0 Å². The molecule has 29 heavy (non-hydrogen) atoms. The van der Waals surface area contributed by atoms with Gasteiger partial charge in [-0.2, -0.15) is 0 Å². The molecular weight excluding hydrogens is 366 g/mol. The van der Waals surface area contributed by atoms with E-state index in [1.165, 1.54) is 0 Å². The molecule has 1 aromatic carbocycles. The molecule has 7 heteroatoms. The van der Waals surface area contributed by atoms with Crippen LogP contribution in [0.25, 0.3) is 0 Å². The van der Waals surface area contributed by atoms with Gasteiger partial charge in [-0.25, -0.2) is 4.98 Å². The Balaban J connectivity index is 1.60. The zero-order chi connectivity index (χ0) is 20.4. The maximum Gasteiger partial charge on any atom is 0.289 e. The molecule has 0 bridgehead atoms. The lowest BCUT2D eigenvalue weighted by molar-refractivity contribution is 0.0625. The van der Waals surface area contributed by atoms with Crippen molar-refractivity contribution in [2.45, 2.75) is 39.7 Å². The lowest BCUT2D eigenvalue weighted by Crippen LogP contribution is -2.49. The molecule has 0 atom stereocenters.